The zero-order valence-electron chi connectivity index (χ0n) is 23.8. The van der Waals surface area contributed by atoms with E-state index in [4.69, 9.17) is 9.47 Å². The van der Waals surface area contributed by atoms with Gasteiger partial charge in [-0.3, -0.25) is 9.59 Å². The Hall–Kier alpha value is -4.13. The van der Waals surface area contributed by atoms with E-state index in [9.17, 15) is 19.1 Å². The third-order valence-corrected chi connectivity index (χ3v) is 6.92. The average Bonchev–Trinajstić information content (AvgIpc) is 3.16. The molecule has 7 heteroatoms. The van der Waals surface area contributed by atoms with Crippen molar-refractivity contribution in [3.8, 4) is 11.5 Å². The van der Waals surface area contributed by atoms with Gasteiger partial charge >= 0.3 is 0 Å². The highest BCUT2D eigenvalue weighted by Gasteiger charge is 2.46. The van der Waals surface area contributed by atoms with Gasteiger partial charge in [-0.25, -0.2) is 4.39 Å². The molecule has 1 unspecified atom stereocenters. The second-order valence-electron chi connectivity index (χ2n) is 11.3. The number of aliphatic hydroxyl groups excluding tert-OH is 1. The topological polar surface area (TPSA) is 76.1 Å². The summed E-state index contributed by atoms with van der Waals surface area (Å²) in [4.78, 5) is 28.4. The van der Waals surface area contributed by atoms with Gasteiger partial charge in [-0.2, -0.15) is 0 Å². The number of carbonyl (C=O) groups is 2. The Balaban J connectivity index is 1.84. The highest BCUT2D eigenvalue weighted by molar-refractivity contribution is 6.46. The van der Waals surface area contributed by atoms with E-state index < -0.39 is 17.7 Å². The minimum Gasteiger partial charge on any atom is -0.507 e. The van der Waals surface area contributed by atoms with Gasteiger partial charge in [0, 0.05) is 17.7 Å². The number of amides is 1. The highest BCUT2D eigenvalue weighted by atomic mass is 19.1. The van der Waals surface area contributed by atoms with Crippen molar-refractivity contribution in [1.82, 2.24) is 4.90 Å². The first-order valence-electron chi connectivity index (χ1n) is 13.4. The Morgan fingerprint density at radius 2 is 1.73 bits per heavy atom. The number of carbonyl (C=O) groups excluding carboxylic acids is 2. The number of ether oxygens (including phenoxy) is 2. The predicted molar refractivity (Wildman–Crippen MR) is 153 cm³/mol. The molecule has 210 valence electrons. The van der Waals surface area contributed by atoms with Crippen LogP contribution >= 0.6 is 0 Å². The number of hydrogen-bond acceptors (Lipinski definition) is 5. The third kappa shape index (κ3) is 6.03. The molecule has 1 saturated heterocycles. The summed E-state index contributed by atoms with van der Waals surface area (Å²) in [6.45, 7) is 10.1. The fourth-order valence-electron chi connectivity index (χ4n) is 4.98. The quantitative estimate of drug-likeness (QED) is 0.197. The lowest BCUT2D eigenvalue weighted by Gasteiger charge is -2.26. The summed E-state index contributed by atoms with van der Waals surface area (Å²) in [7, 11) is 1.59. The summed E-state index contributed by atoms with van der Waals surface area (Å²) in [6.07, 6.45) is 0.332. The minimum absolute atomic E-state index is 0.0100. The van der Waals surface area contributed by atoms with Gasteiger partial charge in [-0.1, -0.05) is 45.0 Å². The van der Waals surface area contributed by atoms with Crippen molar-refractivity contribution >= 4 is 17.4 Å². The van der Waals surface area contributed by atoms with E-state index in [1.54, 1.807) is 49.6 Å². The zero-order chi connectivity index (χ0) is 29.2. The molecule has 1 aliphatic heterocycles. The van der Waals surface area contributed by atoms with E-state index in [0.29, 0.717) is 29.0 Å². The molecule has 0 spiro atoms. The van der Waals surface area contributed by atoms with Gasteiger partial charge in [0.25, 0.3) is 11.7 Å². The van der Waals surface area contributed by atoms with Gasteiger partial charge in [0.2, 0.25) is 0 Å². The largest absolute Gasteiger partial charge is 0.507 e. The molecule has 0 radical (unpaired) electrons. The van der Waals surface area contributed by atoms with Crippen LogP contribution in [0.25, 0.3) is 5.76 Å². The minimum atomic E-state index is -0.837. The number of Topliss-reactive ketones (excluding diaryl/α,β-unsaturated/α-hetero) is 1. The normalized spacial score (nSPS) is 17.0. The summed E-state index contributed by atoms with van der Waals surface area (Å²) in [5.41, 5.74) is 2.45. The molecule has 40 heavy (non-hydrogen) atoms. The SMILES string of the molecule is COc1ccc(/C(O)=C2\C(=O)C(=O)N(CCc3ccc(F)cc3)C2c2cccc(OC(C)C)c2)cc1C(C)(C)C. The molecule has 3 aromatic rings. The first-order chi connectivity index (χ1) is 18.9. The molecule has 4 rings (SSSR count). The van der Waals surface area contributed by atoms with Gasteiger partial charge in [0.1, 0.15) is 23.1 Å². The molecule has 6 nitrogen and oxygen atoms in total. The van der Waals surface area contributed by atoms with Gasteiger partial charge < -0.3 is 19.5 Å². The molecular formula is C33H36FNO5. The molecule has 0 saturated carbocycles. The second kappa shape index (κ2) is 11.5. The van der Waals surface area contributed by atoms with Crippen molar-refractivity contribution in [2.45, 2.75) is 58.6 Å². The van der Waals surface area contributed by atoms with Crippen LogP contribution in [-0.4, -0.2) is 41.5 Å². The standard InChI is InChI=1S/C33H36FNO5/c1-20(2)40-25-9-7-8-22(18-25)29-28(30(36)23-12-15-27(39-6)26(19-23)33(3,4)5)31(37)32(38)35(29)17-16-21-10-13-24(34)14-11-21/h7-15,18-20,29,36H,16-17H2,1-6H3/b30-28+. The fourth-order valence-corrected chi connectivity index (χ4v) is 4.98. The molecule has 0 aliphatic carbocycles. The van der Waals surface area contributed by atoms with Crippen LogP contribution in [-0.2, 0) is 21.4 Å². The van der Waals surface area contributed by atoms with Crippen LogP contribution in [0.4, 0.5) is 4.39 Å². The van der Waals surface area contributed by atoms with E-state index in [1.165, 1.54) is 17.0 Å². The Bertz CT molecular complexity index is 1440. The summed E-state index contributed by atoms with van der Waals surface area (Å²) in [6, 6.07) is 17.7. The molecule has 1 heterocycles. The number of hydrogen-bond donors (Lipinski definition) is 1. The summed E-state index contributed by atoms with van der Waals surface area (Å²) >= 11 is 0. The molecule has 3 aromatic carbocycles. The number of benzene rings is 3. The van der Waals surface area contributed by atoms with E-state index in [0.717, 1.165) is 11.1 Å². The number of aliphatic hydroxyl groups is 1. The predicted octanol–water partition coefficient (Wildman–Crippen LogP) is 6.58. The molecule has 1 fully saturated rings. The van der Waals surface area contributed by atoms with Crippen LogP contribution in [0.5, 0.6) is 11.5 Å². The van der Waals surface area contributed by atoms with Gasteiger partial charge in [0.15, 0.2) is 0 Å². The van der Waals surface area contributed by atoms with Crippen LogP contribution in [0.1, 0.15) is 62.9 Å². The molecule has 0 aromatic heterocycles. The van der Waals surface area contributed by atoms with Crippen molar-refractivity contribution in [2.75, 3.05) is 13.7 Å². The van der Waals surface area contributed by atoms with E-state index >= 15 is 0 Å². The maximum absolute atomic E-state index is 13.5. The van der Waals surface area contributed by atoms with E-state index in [1.807, 2.05) is 46.8 Å². The van der Waals surface area contributed by atoms with Crippen LogP contribution in [0.15, 0.2) is 72.3 Å². The lowest BCUT2D eigenvalue weighted by molar-refractivity contribution is -0.139. The molecule has 0 bridgehead atoms. The summed E-state index contributed by atoms with van der Waals surface area (Å²) in [5, 5.41) is 11.6. The van der Waals surface area contributed by atoms with Crippen molar-refractivity contribution in [3.63, 3.8) is 0 Å². The van der Waals surface area contributed by atoms with Crippen molar-refractivity contribution in [3.05, 3.63) is 100 Å². The zero-order valence-corrected chi connectivity index (χ0v) is 23.8. The molecule has 1 atom stereocenters. The van der Waals surface area contributed by atoms with E-state index in [2.05, 4.69) is 0 Å². The van der Waals surface area contributed by atoms with Crippen LogP contribution in [0.3, 0.4) is 0 Å². The van der Waals surface area contributed by atoms with Crippen LogP contribution in [0, 0.1) is 5.82 Å². The number of nitrogens with zero attached hydrogens (tertiary/aromatic N) is 1. The molecular weight excluding hydrogens is 509 g/mol. The lowest BCUT2D eigenvalue weighted by atomic mass is 9.84. The van der Waals surface area contributed by atoms with Crippen LogP contribution in [0.2, 0.25) is 0 Å². The number of rotatable bonds is 8. The summed E-state index contributed by atoms with van der Waals surface area (Å²) in [5.74, 6) is -0.801. The van der Waals surface area contributed by atoms with Gasteiger partial charge in [-0.15, -0.1) is 0 Å². The van der Waals surface area contributed by atoms with Crippen molar-refractivity contribution < 1.29 is 28.6 Å². The monoisotopic (exact) mass is 545 g/mol. The van der Waals surface area contributed by atoms with E-state index in [-0.39, 0.29) is 35.2 Å². The highest BCUT2D eigenvalue weighted by Crippen LogP contribution is 2.42. The second-order valence-corrected chi connectivity index (χ2v) is 11.3. The number of likely N-dealkylation sites (tertiary alicyclic amines) is 1. The Morgan fingerprint density at radius 1 is 1.02 bits per heavy atom. The fraction of sp³-hybridized carbons (Fsp3) is 0.333. The number of ketones is 1. The Morgan fingerprint density at radius 3 is 2.35 bits per heavy atom. The first-order valence-corrected chi connectivity index (χ1v) is 13.4. The van der Waals surface area contributed by atoms with Crippen molar-refractivity contribution in [2.24, 2.45) is 0 Å². The summed E-state index contributed by atoms with van der Waals surface area (Å²) < 4.78 is 24.9. The number of halogens is 1. The number of methoxy groups -OCH3 is 1. The molecule has 1 N–H and O–H groups in total. The average molecular weight is 546 g/mol. The maximum atomic E-state index is 13.5. The Labute approximate surface area is 235 Å². The first kappa shape index (κ1) is 28.9. The third-order valence-electron chi connectivity index (χ3n) is 6.92. The lowest BCUT2D eigenvalue weighted by Crippen LogP contribution is -2.31. The molecule has 1 aliphatic rings. The van der Waals surface area contributed by atoms with Gasteiger partial charge in [-0.05, 0) is 79.3 Å². The van der Waals surface area contributed by atoms with Crippen LogP contribution < -0.4 is 9.47 Å². The van der Waals surface area contributed by atoms with Crippen molar-refractivity contribution in [1.29, 1.82) is 0 Å². The maximum Gasteiger partial charge on any atom is 0.295 e. The molecule has 1 amide bonds. The Kier molecular flexibility index (Phi) is 8.33. The van der Waals surface area contributed by atoms with Gasteiger partial charge in [0.05, 0.1) is 24.8 Å². The smallest absolute Gasteiger partial charge is 0.295 e.